The van der Waals surface area contributed by atoms with Crippen LogP contribution in [-0.4, -0.2) is 20.7 Å². The van der Waals surface area contributed by atoms with Crippen molar-refractivity contribution >= 4 is 11.7 Å². The number of halogens is 2. The number of carbonyl (C=O) groups is 1. The number of aryl methyl sites for hydroxylation is 1. The number of carbonyl (C=O) groups excluding carboxylic acids is 1. The van der Waals surface area contributed by atoms with E-state index in [4.69, 9.17) is 0 Å². The molecule has 1 N–H and O–H groups in total. The van der Waals surface area contributed by atoms with Gasteiger partial charge in [0, 0.05) is 23.9 Å². The molecule has 4 rings (SSSR count). The molecule has 3 aromatic rings. The van der Waals surface area contributed by atoms with Gasteiger partial charge in [-0.05, 0) is 25.8 Å². The molecule has 1 fully saturated rings. The summed E-state index contributed by atoms with van der Waals surface area (Å²) >= 11 is 0. The Kier molecular flexibility index (Phi) is 3.79. The first-order valence-corrected chi connectivity index (χ1v) is 8.24. The molecule has 26 heavy (non-hydrogen) atoms. The fourth-order valence-corrected chi connectivity index (χ4v) is 2.98. The molecule has 1 aliphatic rings. The number of nitrogens with zero attached hydrogens (tertiary/aromatic N) is 3. The van der Waals surface area contributed by atoms with Crippen molar-refractivity contribution < 1.29 is 13.6 Å². The Balaban J connectivity index is 1.55. The van der Waals surface area contributed by atoms with Gasteiger partial charge in [0.15, 0.2) is 5.82 Å². The van der Waals surface area contributed by atoms with Gasteiger partial charge in [-0.1, -0.05) is 18.2 Å². The number of hydrogen-bond donors (Lipinski definition) is 1. The first-order valence-electron chi connectivity index (χ1n) is 8.24. The van der Waals surface area contributed by atoms with Gasteiger partial charge in [0.05, 0.1) is 23.0 Å². The summed E-state index contributed by atoms with van der Waals surface area (Å²) < 4.78 is 29.2. The van der Waals surface area contributed by atoms with Crippen LogP contribution in [0.25, 0.3) is 5.69 Å². The van der Waals surface area contributed by atoms with Crippen molar-refractivity contribution in [3.63, 3.8) is 0 Å². The molecular weight excluding hydrogens is 338 g/mol. The minimum Gasteiger partial charge on any atom is -0.308 e. The number of aromatic nitrogens is 3. The minimum atomic E-state index is -0.841. The Labute approximate surface area is 148 Å². The van der Waals surface area contributed by atoms with Crippen LogP contribution in [0.2, 0.25) is 0 Å². The van der Waals surface area contributed by atoms with Crippen LogP contribution >= 0.6 is 0 Å². The monoisotopic (exact) mass is 354 g/mol. The maximum absolute atomic E-state index is 14.1. The zero-order valence-electron chi connectivity index (χ0n) is 14.0. The van der Waals surface area contributed by atoms with Crippen LogP contribution in [0.5, 0.6) is 0 Å². The summed E-state index contributed by atoms with van der Waals surface area (Å²) in [7, 11) is 0. The van der Waals surface area contributed by atoms with Crippen molar-refractivity contribution in [2.24, 2.45) is 0 Å². The average molecular weight is 354 g/mol. The molecule has 0 bridgehead atoms. The highest BCUT2D eigenvalue weighted by Crippen LogP contribution is 2.49. The second-order valence-electron chi connectivity index (χ2n) is 6.42. The highest BCUT2D eigenvalue weighted by Gasteiger charge is 2.52. The van der Waals surface area contributed by atoms with E-state index in [1.165, 1.54) is 23.0 Å². The number of pyridine rings is 1. The molecule has 1 aromatic carbocycles. The number of rotatable bonds is 4. The summed E-state index contributed by atoms with van der Waals surface area (Å²) in [5, 5.41) is 6.97. The molecule has 0 spiro atoms. The van der Waals surface area contributed by atoms with E-state index in [9.17, 15) is 13.6 Å². The van der Waals surface area contributed by atoms with E-state index in [1.807, 2.05) is 0 Å². The number of hydrogen-bond acceptors (Lipinski definition) is 3. The maximum atomic E-state index is 14.1. The van der Waals surface area contributed by atoms with E-state index in [2.05, 4.69) is 15.4 Å². The predicted octanol–water partition coefficient (Wildman–Crippen LogP) is 3.52. The van der Waals surface area contributed by atoms with Gasteiger partial charge in [-0.2, -0.15) is 5.10 Å². The Morgan fingerprint density at radius 1 is 1.19 bits per heavy atom. The Morgan fingerprint density at radius 3 is 2.65 bits per heavy atom. The van der Waals surface area contributed by atoms with Gasteiger partial charge >= 0.3 is 0 Å². The highest BCUT2D eigenvalue weighted by molar-refractivity contribution is 6.00. The van der Waals surface area contributed by atoms with E-state index in [0.717, 1.165) is 0 Å². The minimum absolute atomic E-state index is 0.291. The van der Waals surface area contributed by atoms with Crippen molar-refractivity contribution in [3.05, 3.63) is 71.7 Å². The fourth-order valence-electron chi connectivity index (χ4n) is 2.98. The lowest BCUT2D eigenvalue weighted by molar-refractivity contribution is -0.118. The topological polar surface area (TPSA) is 59.8 Å². The van der Waals surface area contributed by atoms with E-state index in [0.29, 0.717) is 35.6 Å². The maximum Gasteiger partial charge on any atom is 0.236 e. The molecule has 1 aliphatic carbocycles. The summed E-state index contributed by atoms with van der Waals surface area (Å²) in [6.07, 6.45) is 4.28. The van der Waals surface area contributed by atoms with Crippen LogP contribution in [0.15, 0.2) is 48.8 Å². The zero-order chi connectivity index (χ0) is 18.3. The van der Waals surface area contributed by atoms with Crippen LogP contribution in [0.1, 0.15) is 24.1 Å². The standard InChI is InChI=1S/C19H16F2N4O/c1-12-16(21)10-13(11-22-12)25-9-6-17(24-25)23-18(26)19(7-8-19)14-4-2-3-5-15(14)20/h2-6,9-11H,7-8H2,1H3,(H,23,24,26). The molecule has 2 heterocycles. The third-order valence-corrected chi connectivity index (χ3v) is 4.68. The Hall–Kier alpha value is -3.09. The van der Waals surface area contributed by atoms with Crippen LogP contribution in [-0.2, 0) is 10.2 Å². The first-order chi connectivity index (χ1) is 12.5. The van der Waals surface area contributed by atoms with Gasteiger partial charge < -0.3 is 5.32 Å². The van der Waals surface area contributed by atoms with Crippen LogP contribution in [0.4, 0.5) is 14.6 Å². The van der Waals surface area contributed by atoms with Crippen LogP contribution < -0.4 is 5.32 Å². The summed E-state index contributed by atoms with van der Waals surface area (Å²) in [5.74, 6) is -0.786. The lowest BCUT2D eigenvalue weighted by Gasteiger charge is -2.15. The van der Waals surface area contributed by atoms with Gasteiger partial charge in [0.2, 0.25) is 5.91 Å². The average Bonchev–Trinajstić information content (AvgIpc) is 3.31. The van der Waals surface area contributed by atoms with E-state index in [-0.39, 0.29) is 11.7 Å². The molecule has 0 unspecified atom stereocenters. The molecule has 0 radical (unpaired) electrons. The van der Waals surface area contributed by atoms with Gasteiger partial charge in [-0.15, -0.1) is 0 Å². The molecule has 5 nitrogen and oxygen atoms in total. The van der Waals surface area contributed by atoms with Crippen LogP contribution in [0, 0.1) is 18.6 Å². The van der Waals surface area contributed by atoms with Crippen molar-refractivity contribution in [2.75, 3.05) is 5.32 Å². The smallest absolute Gasteiger partial charge is 0.236 e. The molecule has 2 aromatic heterocycles. The first kappa shape index (κ1) is 16.4. The van der Waals surface area contributed by atoms with Crippen LogP contribution in [0.3, 0.4) is 0 Å². The second kappa shape index (κ2) is 6.01. The van der Waals surface area contributed by atoms with Crippen molar-refractivity contribution in [2.45, 2.75) is 25.2 Å². The molecule has 0 aliphatic heterocycles. The molecule has 0 saturated heterocycles. The van der Waals surface area contributed by atoms with Gasteiger partial charge in [-0.3, -0.25) is 9.78 Å². The third-order valence-electron chi connectivity index (χ3n) is 4.68. The van der Waals surface area contributed by atoms with Crippen molar-refractivity contribution in [1.82, 2.24) is 14.8 Å². The van der Waals surface area contributed by atoms with Crippen molar-refractivity contribution in [3.8, 4) is 5.69 Å². The van der Waals surface area contributed by atoms with Gasteiger partial charge in [0.1, 0.15) is 11.6 Å². The normalized spacial score (nSPS) is 14.9. The third kappa shape index (κ3) is 2.75. The fraction of sp³-hybridized carbons (Fsp3) is 0.211. The van der Waals surface area contributed by atoms with E-state index in [1.54, 1.807) is 37.4 Å². The van der Waals surface area contributed by atoms with Crippen molar-refractivity contribution in [1.29, 1.82) is 0 Å². The molecule has 1 saturated carbocycles. The molecular formula is C19H16F2N4O. The molecule has 1 amide bonds. The number of anilines is 1. The predicted molar refractivity (Wildman–Crippen MR) is 92.0 cm³/mol. The SMILES string of the molecule is Cc1ncc(-n2ccc(NC(=O)C3(c4ccccc4F)CC3)n2)cc1F. The quantitative estimate of drug-likeness (QED) is 0.780. The summed E-state index contributed by atoms with van der Waals surface area (Å²) in [4.78, 5) is 16.7. The van der Waals surface area contributed by atoms with Gasteiger partial charge in [-0.25, -0.2) is 13.5 Å². The largest absolute Gasteiger partial charge is 0.308 e. The second-order valence-corrected chi connectivity index (χ2v) is 6.42. The molecule has 0 atom stereocenters. The lowest BCUT2D eigenvalue weighted by atomic mass is 9.94. The van der Waals surface area contributed by atoms with E-state index >= 15 is 0 Å². The molecule has 132 valence electrons. The summed E-state index contributed by atoms with van der Waals surface area (Å²) in [5.41, 5.74) is 0.313. The summed E-state index contributed by atoms with van der Waals surface area (Å²) in [6, 6.07) is 9.25. The number of amides is 1. The Morgan fingerprint density at radius 2 is 1.96 bits per heavy atom. The summed E-state index contributed by atoms with van der Waals surface area (Å²) in [6.45, 7) is 1.58. The number of benzene rings is 1. The Bertz CT molecular complexity index is 995. The lowest BCUT2D eigenvalue weighted by Crippen LogP contribution is -2.29. The molecule has 7 heteroatoms. The zero-order valence-corrected chi connectivity index (χ0v) is 14.0. The van der Waals surface area contributed by atoms with E-state index < -0.39 is 11.2 Å². The van der Waals surface area contributed by atoms with Gasteiger partial charge in [0.25, 0.3) is 0 Å². The number of nitrogens with one attached hydrogen (secondary N) is 1. The highest BCUT2D eigenvalue weighted by atomic mass is 19.1.